The van der Waals surface area contributed by atoms with Gasteiger partial charge >= 0.3 is 0 Å². The molecule has 0 aliphatic carbocycles. The molecule has 2 amide bonds. The molecule has 0 saturated carbocycles. The lowest BCUT2D eigenvalue weighted by Crippen LogP contribution is -2.62. The second kappa shape index (κ2) is 8.71. The fourth-order valence-corrected chi connectivity index (χ4v) is 4.15. The lowest BCUT2D eigenvalue weighted by atomic mass is 9.82. The third kappa shape index (κ3) is 4.36. The molecule has 1 aliphatic heterocycles. The third-order valence-corrected chi connectivity index (χ3v) is 5.99. The van der Waals surface area contributed by atoms with E-state index >= 15 is 0 Å². The van der Waals surface area contributed by atoms with Gasteiger partial charge in [0.2, 0.25) is 5.91 Å². The quantitative estimate of drug-likeness (QED) is 0.596. The lowest BCUT2D eigenvalue weighted by molar-refractivity contribution is -0.132. The first-order valence-corrected chi connectivity index (χ1v) is 10.5. The summed E-state index contributed by atoms with van der Waals surface area (Å²) >= 11 is 5.92. The molecule has 0 bridgehead atoms. The van der Waals surface area contributed by atoms with E-state index < -0.39 is 17.2 Å². The van der Waals surface area contributed by atoms with Gasteiger partial charge in [0.25, 0.3) is 5.91 Å². The van der Waals surface area contributed by atoms with Crippen LogP contribution in [0.5, 0.6) is 0 Å². The zero-order chi connectivity index (χ0) is 22.9. The number of halogens is 3. The minimum absolute atomic E-state index is 0.104. The van der Waals surface area contributed by atoms with Gasteiger partial charge in [-0.25, -0.2) is 8.78 Å². The van der Waals surface area contributed by atoms with Gasteiger partial charge in [-0.3, -0.25) is 9.59 Å². The normalized spacial score (nSPS) is 17.8. The molecule has 4 nitrogen and oxygen atoms in total. The molecule has 3 aromatic rings. The van der Waals surface area contributed by atoms with E-state index in [0.717, 1.165) is 17.2 Å². The van der Waals surface area contributed by atoms with Gasteiger partial charge < -0.3 is 10.2 Å². The van der Waals surface area contributed by atoms with Gasteiger partial charge in [-0.1, -0.05) is 41.9 Å². The average molecular weight is 455 g/mol. The first-order valence-electron chi connectivity index (χ1n) is 10.1. The number of amides is 2. The molecule has 0 spiro atoms. The number of nitrogens with one attached hydrogen (secondary N) is 1. The molecule has 1 aliphatic rings. The van der Waals surface area contributed by atoms with E-state index in [1.54, 1.807) is 43.3 Å². The Morgan fingerprint density at radius 2 is 1.69 bits per heavy atom. The highest BCUT2D eigenvalue weighted by Crippen LogP contribution is 2.33. The predicted molar refractivity (Wildman–Crippen MR) is 118 cm³/mol. The summed E-state index contributed by atoms with van der Waals surface area (Å²) in [4.78, 5) is 28.1. The van der Waals surface area contributed by atoms with E-state index in [0.29, 0.717) is 10.6 Å². The van der Waals surface area contributed by atoms with Crippen LogP contribution in [0.1, 0.15) is 34.0 Å². The van der Waals surface area contributed by atoms with Gasteiger partial charge in [0.05, 0.1) is 0 Å². The molecule has 1 atom stereocenters. The first-order chi connectivity index (χ1) is 15.3. The Morgan fingerprint density at radius 1 is 1.03 bits per heavy atom. The van der Waals surface area contributed by atoms with E-state index in [1.165, 1.54) is 17.0 Å². The number of hydrogen-bond acceptors (Lipinski definition) is 2. The number of rotatable bonds is 5. The number of nitrogens with zero attached hydrogens (tertiary/aromatic N) is 1. The van der Waals surface area contributed by atoms with Gasteiger partial charge in [0, 0.05) is 36.2 Å². The number of carbonyl (C=O) groups excluding carboxylic acids is 2. The van der Waals surface area contributed by atoms with Crippen molar-refractivity contribution in [2.75, 3.05) is 0 Å². The Balaban J connectivity index is 1.66. The van der Waals surface area contributed by atoms with Crippen LogP contribution < -0.4 is 5.32 Å². The highest BCUT2D eigenvalue weighted by atomic mass is 35.5. The summed E-state index contributed by atoms with van der Waals surface area (Å²) in [7, 11) is 0. The molecule has 0 unspecified atom stereocenters. The van der Waals surface area contributed by atoms with Crippen molar-refractivity contribution in [3.63, 3.8) is 0 Å². The Hall–Kier alpha value is -3.25. The topological polar surface area (TPSA) is 49.4 Å². The minimum atomic E-state index is -1.25. The van der Waals surface area contributed by atoms with Crippen molar-refractivity contribution in [3.05, 3.63) is 106 Å². The molecule has 1 heterocycles. The van der Waals surface area contributed by atoms with Crippen LogP contribution >= 0.6 is 11.6 Å². The van der Waals surface area contributed by atoms with Crippen LogP contribution in [0.25, 0.3) is 0 Å². The van der Waals surface area contributed by atoms with Crippen molar-refractivity contribution < 1.29 is 18.4 Å². The zero-order valence-corrected chi connectivity index (χ0v) is 18.1. The molecule has 164 valence electrons. The summed E-state index contributed by atoms with van der Waals surface area (Å²) in [6, 6.07) is 17.3. The van der Waals surface area contributed by atoms with Crippen LogP contribution in [0.3, 0.4) is 0 Å². The van der Waals surface area contributed by atoms with E-state index in [2.05, 4.69) is 5.32 Å². The van der Waals surface area contributed by atoms with Crippen LogP contribution in [0, 0.1) is 11.6 Å². The molecule has 0 saturated heterocycles. The Bertz CT molecular complexity index is 1160. The van der Waals surface area contributed by atoms with Crippen LogP contribution in [-0.4, -0.2) is 22.3 Å². The summed E-state index contributed by atoms with van der Waals surface area (Å²) < 4.78 is 27.5. The van der Waals surface area contributed by atoms with E-state index in [9.17, 15) is 18.4 Å². The Morgan fingerprint density at radius 3 is 2.38 bits per heavy atom. The summed E-state index contributed by atoms with van der Waals surface area (Å²) in [5.74, 6) is -2.19. The maximum atomic E-state index is 13.8. The molecular weight excluding hydrogens is 434 g/mol. The van der Waals surface area contributed by atoms with Crippen LogP contribution in [0.15, 0.2) is 66.7 Å². The van der Waals surface area contributed by atoms with Crippen LogP contribution in [0.2, 0.25) is 5.02 Å². The van der Waals surface area contributed by atoms with Gasteiger partial charge in [-0.2, -0.15) is 0 Å². The largest absolute Gasteiger partial charge is 0.350 e. The number of benzene rings is 3. The summed E-state index contributed by atoms with van der Waals surface area (Å²) in [6.07, 6.45) is 0.277. The maximum absolute atomic E-state index is 13.8. The number of carbonyl (C=O) groups is 2. The second-order valence-electron chi connectivity index (χ2n) is 8.09. The van der Waals surface area contributed by atoms with Crippen molar-refractivity contribution in [2.24, 2.45) is 0 Å². The van der Waals surface area contributed by atoms with Gasteiger partial charge in [-0.15, -0.1) is 0 Å². The highest BCUT2D eigenvalue weighted by molar-refractivity contribution is 6.30. The predicted octanol–water partition coefficient (Wildman–Crippen LogP) is 4.89. The average Bonchev–Trinajstić information content (AvgIpc) is 2.75. The summed E-state index contributed by atoms with van der Waals surface area (Å²) in [6.45, 7) is 1.82. The van der Waals surface area contributed by atoms with Crippen LogP contribution in [-0.2, 0) is 24.3 Å². The third-order valence-electron chi connectivity index (χ3n) is 5.74. The fourth-order valence-electron chi connectivity index (χ4n) is 4.03. The van der Waals surface area contributed by atoms with Gasteiger partial charge in [-0.05, 0) is 53.9 Å². The van der Waals surface area contributed by atoms with Gasteiger partial charge in [0.15, 0.2) is 0 Å². The maximum Gasteiger partial charge on any atom is 0.255 e. The standard InChI is InChI=1S/C25H21ClF2N2O2/c1-25(24(32)29-14-16-6-8-19(26)9-7-16)13-18-4-2-3-5-22(18)23(31)30(25)15-17-10-20(27)12-21(28)11-17/h2-12H,13-15H2,1H3,(H,29,32)/t25-/m1/s1. The smallest absolute Gasteiger partial charge is 0.255 e. The molecule has 0 aromatic heterocycles. The molecule has 1 N–H and O–H groups in total. The van der Waals surface area contributed by atoms with Crippen LogP contribution in [0.4, 0.5) is 8.78 Å². The van der Waals surface area contributed by atoms with Crippen molar-refractivity contribution in [3.8, 4) is 0 Å². The molecular formula is C25H21ClF2N2O2. The molecule has 4 rings (SSSR count). The molecule has 7 heteroatoms. The van der Waals surface area contributed by atoms with Crippen molar-refractivity contribution in [2.45, 2.75) is 32.0 Å². The number of hydrogen-bond donors (Lipinski definition) is 1. The highest BCUT2D eigenvalue weighted by Gasteiger charge is 2.46. The minimum Gasteiger partial charge on any atom is -0.350 e. The van der Waals surface area contributed by atoms with E-state index in [-0.39, 0.29) is 36.9 Å². The molecule has 0 fully saturated rings. The molecule has 32 heavy (non-hydrogen) atoms. The second-order valence-corrected chi connectivity index (χ2v) is 8.52. The van der Waals surface area contributed by atoms with Crippen molar-refractivity contribution in [1.82, 2.24) is 10.2 Å². The molecule has 0 radical (unpaired) electrons. The lowest BCUT2D eigenvalue weighted by Gasteiger charge is -2.44. The number of fused-ring (bicyclic) bond motifs is 1. The van der Waals surface area contributed by atoms with E-state index in [1.807, 2.05) is 12.1 Å². The SMILES string of the molecule is C[C@]1(C(=O)NCc2ccc(Cl)cc2)Cc2ccccc2C(=O)N1Cc1cc(F)cc(F)c1. The molecule has 3 aromatic carbocycles. The van der Waals surface area contributed by atoms with Crippen molar-refractivity contribution >= 4 is 23.4 Å². The fraction of sp³-hybridized carbons (Fsp3) is 0.200. The van der Waals surface area contributed by atoms with E-state index in [4.69, 9.17) is 11.6 Å². The van der Waals surface area contributed by atoms with Crippen molar-refractivity contribution in [1.29, 1.82) is 0 Å². The summed E-state index contributed by atoms with van der Waals surface area (Å²) in [5.41, 5.74) is 1.11. The monoisotopic (exact) mass is 454 g/mol. The first kappa shape index (κ1) is 22.0. The Kier molecular flexibility index (Phi) is 5.98. The zero-order valence-electron chi connectivity index (χ0n) is 17.4. The van der Waals surface area contributed by atoms with Gasteiger partial charge in [0.1, 0.15) is 17.2 Å². The Labute approximate surface area is 189 Å². The summed E-state index contributed by atoms with van der Waals surface area (Å²) in [5, 5.41) is 3.49.